The summed E-state index contributed by atoms with van der Waals surface area (Å²) >= 11 is 5.93. The lowest BCUT2D eigenvalue weighted by atomic mass is 10.2. The number of aryl methyl sites for hydroxylation is 1. The van der Waals surface area contributed by atoms with Gasteiger partial charge >= 0.3 is 0 Å². The van der Waals surface area contributed by atoms with Crippen molar-refractivity contribution >= 4 is 17.3 Å². The van der Waals surface area contributed by atoms with Crippen molar-refractivity contribution in [2.75, 3.05) is 5.32 Å². The van der Waals surface area contributed by atoms with Crippen LogP contribution in [0, 0.1) is 25.2 Å². The van der Waals surface area contributed by atoms with Gasteiger partial charge in [0.25, 0.3) is 0 Å². The van der Waals surface area contributed by atoms with Crippen LogP contribution in [0.15, 0.2) is 24.3 Å². The molecule has 1 heterocycles. The Balaban J connectivity index is 2.15. The summed E-state index contributed by atoms with van der Waals surface area (Å²) in [5, 5.41) is 12.8. The van der Waals surface area contributed by atoms with Crippen LogP contribution in [-0.2, 0) is 13.1 Å². The molecule has 1 aromatic carbocycles. The van der Waals surface area contributed by atoms with Gasteiger partial charge in [-0.1, -0.05) is 11.6 Å². The zero-order valence-corrected chi connectivity index (χ0v) is 12.8. The zero-order valence-electron chi connectivity index (χ0n) is 12.0. The molecule has 1 N–H and O–H groups in total. The van der Waals surface area contributed by atoms with Crippen LogP contribution in [0.1, 0.15) is 29.4 Å². The van der Waals surface area contributed by atoms with Crippen molar-refractivity contribution in [3.63, 3.8) is 0 Å². The van der Waals surface area contributed by atoms with Gasteiger partial charge in [0.2, 0.25) is 0 Å². The van der Waals surface area contributed by atoms with Crippen LogP contribution >= 0.6 is 11.6 Å². The lowest BCUT2D eigenvalue weighted by Crippen LogP contribution is -2.03. The second-order valence-corrected chi connectivity index (χ2v) is 5.21. The number of halogens is 1. The molecule has 0 unspecified atom stereocenters. The van der Waals surface area contributed by atoms with E-state index in [-0.39, 0.29) is 0 Å². The summed E-state index contributed by atoms with van der Waals surface area (Å²) in [7, 11) is 0. The van der Waals surface area contributed by atoms with Gasteiger partial charge in [0, 0.05) is 30.2 Å². The topological polar surface area (TPSA) is 40.8 Å². The van der Waals surface area contributed by atoms with Crippen molar-refractivity contribution in [2.24, 2.45) is 0 Å². The van der Waals surface area contributed by atoms with Crippen molar-refractivity contribution < 1.29 is 0 Å². The third-order valence-corrected chi connectivity index (χ3v) is 3.89. The maximum absolute atomic E-state index is 8.98. The number of hydrogen-bond donors (Lipinski definition) is 1. The minimum absolute atomic E-state index is 0.488. The number of nitrogens with one attached hydrogen (secondary N) is 1. The number of hydrogen-bond acceptors (Lipinski definition) is 2. The molecule has 0 fully saturated rings. The standard InChI is InChI=1S/C16H18ClN3/c1-4-20-11(2)7-14(12(20)3)10-19-15-5-6-16(17)13(8-15)9-18/h5-8,19H,4,10H2,1-3H3. The first-order chi connectivity index (χ1) is 9.56. The Morgan fingerprint density at radius 3 is 2.65 bits per heavy atom. The van der Waals surface area contributed by atoms with Gasteiger partial charge in [0.15, 0.2) is 0 Å². The maximum Gasteiger partial charge on any atom is 0.101 e. The first-order valence-electron chi connectivity index (χ1n) is 6.66. The Hall–Kier alpha value is -1.92. The second kappa shape index (κ2) is 6.02. The summed E-state index contributed by atoms with van der Waals surface area (Å²) in [5.74, 6) is 0. The van der Waals surface area contributed by atoms with E-state index in [9.17, 15) is 0 Å². The lowest BCUT2D eigenvalue weighted by molar-refractivity contribution is 0.715. The van der Waals surface area contributed by atoms with Crippen LogP contribution in [-0.4, -0.2) is 4.57 Å². The molecule has 1 aromatic heterocycles. The van der Waals surface area contributed by atoms with E-state index in [1.807, 2.05) is 6.07 Å². The van der Waals surface area contributed by atoms with Gasteiger partial charge in [0.1, 0.15) is 6.07 Å². The molecule has 0 aliphatic heterocycles. The van der Waals surface area contributed by atoms with Gasteiger partial charge in [-0.05, 0) is 50.6 Å². The van der Waals surface area contributed by atoms with Crippen LogP contribution in [0.4, 0.5) is 5.69 Å². The van der Waals surface area contributed by atoms with Crippen molar-refractivity contribution in [3.05, 3.63) is 51.8 Å². The quantitative estimate of drug-likeness (QED) is 0.913. The van der Waals surface area contributed by atoms with E-state index in [4.69, 9.17) is 16.9 Å². The van der Waals surface area contributed by atoms with E-state index >= 15 is 0 Å². The number of rotatable bonds is 4. The number of nitrogens with zero attached hydrogens (tertiary/aromatic N) is 2. The van der Waals surface area contributed by atoms with E-state index in [2.05, 4.69) is 42.8 Å². The largest absolute Gasteiger partial charge is 0.381 e. The van der Waals surface area contributed by atoms with E-state index < -0.39 is 0 Å². The smallest absolute Gasteiger partial charge is 0.101 e. The van der Waals surface area contributed by atoms with Crippen molar-refractivity contribution in [3.8, 4) is 6.07 Å². The maximum atomic E-state index is 8.98. The average Bonchev–Trinajstić information content (AvgIpc) is 2.72. The van der Waals surface area contributed by atoms with E-state index in [1.54, 1.807) is 12.1 Å². The fraction of sp³-hybridized carbons (Fsp3) is 0.312. The molecular formula is C16H18ClN3. The molecule has 3 nitrogen and oxygen atoms in total. The molecule has 0 spiro atoms. The summed E-state index contributed by atoms with van der Waals surface area (Å²) in [6, 6.07) is 9.71. The number of anilines is 1. The summed E-state index contributed by atoms with van der Waals surface area (Å²) in [4.78, 5) is 0. The normalized spacial score (nSPS) is 10.3. The van der Waals surface area contributed by atoms with Crippen molar-refractivity contribution in [1.82, 2.24) is 4.57 Å². The molecule has 0 aliphatic carbocycles. The van der Waals surface area contributed by atoms with Gasteiger partial charge < -0.3 is 9.88 Å². The molecule has 20 heavy (non-hydrogen) atoms. The van der Waals surface area contributed by atoms with Gasteiger partial charge in [0.05, 0.1) is 10.6 Å². The highest BCUT2D eigenvalue weighted by molar-refractivity contribution is 6.31. The summed E-state index contributed by atoms with van der Waals surface area (Å²) in [5.41, 5.74) is 5.24. The fourth-order valence-electron chi connectivity index (χ4n) is 2.46. The van der Waals surface area contributed by atoms with Crippen molar-refractivity contribution in [2.45, 2.75) is 33.9 Å². The first kappa shape index (κ1) is 14.5. The molecule has 0 amide bonds. The van der Waals surface area contributed by atoms with Crippen LogP contribution in [0.3, 0.4) is 0 Å². The minimum atomic E-state index is 0.488. The zero-order chi connectivity index (χ0) is 14.7. The Labute approximate surface area is 124 Å². The third-order valence-electron chi connectivity index (χ3n) is 3.56. The van der Waals surface area contributed by atoms with Crippen LogP contribution in [0.5, 0.6) is 0 Å². The summed E-state index contributed by atoms with van der Waals surface area (Å²) in [6.07, 6.45) is 0. The highest BCUT2D eigenvalue weighted by Crippen LogP contribution is 2.21. The molecule has 104 valence electrons. The highest BCUT2D eigenvalue weighted by Gasteiger charge is 2.08. The molecule has 0 aliphatic rings. The molecule has 0 saturated carbocycles. The number of nitriles is 1. The van der Waals surface area contributed by atoms with Crippen LogP contribution in [0.25, 0.3) is 0 Å². The summed E-state index contributed by atoms with van der Waals surface area (Å²) in [6.45, 7) is 8.13. The van der Waals surface area contributed by atoms with Gasteiger partial charge in [-0.25, -0.2) is 0 Å². The lowest BCUT2D eigenvalue weighted by Gasteiger charge is -2.09. The Bertz CT molecular complexity index is 665. The van der Waals surface area contributed by atoms with Crippen LogP contribution < -0.4 is 5.32 Å². The van der Waals surface area contributed by atoms with Crippen molar-refractivity contribution in [1.29, 1.82) is 5.26 Å². The number of aromatic nitrogens is 1. The molecule has 0 saturated heterocycles. The third kappa shape index (κ3) is 2.81. The van der Waals surface area contributed by atoms with Crippen LogP contribution in [0.2, 0.25) is 5.02 Å². The molecule has 0 atom stereocenters. The molecular weight excluding hydrogens is 270 g/mol. The van der Waals surface area contributed by atoms with E-state index in [0.29, 0.717) is 10.6 Å². The SMILES string of the molecule is CCn1c(C)cc(CNc2ccc(Cl)c(C#N)c2)c1C. The van der Waals surface area contributed by atoms with E-state index in [0.717, 1.165) is 18.8 Å². The predicted octanol–water partition coefficient (Wildman–Crippen LogP) is 4.26. The predicted molar refractivity (Wildman–Crippen MR) is 83.1 cm³/mol. The molecule has 2 rings (SSSR count). The monoisotopic (exact) mass is 287 g/mol. The molecule has 0 bridgehead atoms. The Morgan fingerprint density at radius 1 is 1.30 bits per heavy atom. The molecule has 2 aromatic rings. The van der Waals surface area contributed by atoms with Gasteiger partial charge in [-0.3, -0.25) is 0 Å². The minimum Gasteiger partial charge on any atom is -0.381 e. The van der Waals surface area contributed by atoms with E-state index in [1.165, 1.54) is 17.0 Å². The summed E-state index contributed by atoms with van der Waals surface area (Å²) < 4.78 is 2.29. The first-order valence-corrected chi connectivity index (χ1v) is 7.03. The molecule has 0 radical (unpaired) electrons. The van der Waals surface area contributed by atoms with Gasteiger partial charge in [-0.2, -0.15) is 5.26 Å². The Morgan fingerprint density at radius 2 is 2.05 bits per heavy atom. The second-order valence-electron chi connectivity index (χ2n) is 4.80. The number of benzene rings is 1. The highest BCUT2D eigenvalue weighted by atomic mass is 35.5. The van der Waals surface area contributed by atoms with Gasteiger partial charge in [-0.15, -0.1) is 0 Å². The fourth-order valence-corrected chi connectivity index (χ4v) is 2.62. The molecule has 4 heteroatoms. The average molecular weight is 288 g/mol. The Kier molecular flexibility index (Phi) is 4.36.